The Bertz CT molecular complexity index is 1110. The number of rotatable bonds is 6. The molecule has 7 nitrogen and oxygen atoms in total. The van der Waals surface area contributed by atoms with E-state index in [9.17, 15) is 35.2 Å². The molecule has 164 valence electrons. The van der Waals surface area contributed by atoms with Crippen LogP contribution in [0.2, 0.25) is 5.02 Å². The SMILES string of the molecule is Cn1cc(NS(=O)(=O)NC2(C(F)(F)F)CC2)c(Cl)c1C(=O)Nc1ccc(F)c(F)c1. The second-order valence-corrected chi connectivity index (χ2v) is 8.48. The van der Waals surface area contributed by atoms with Crippen LogP contribution in [0.15, 0.2) is 24.4 Å². The van der Waals surface area contributed by atoms with Gasteiger partial charge in [0.25, 0.3) is 16.1 Å². The lowest BCUT2D eigenvalue weighted by Gasteiger charge is -2.20. The molecule has 1 heterocycles. The van der Waals surface area contributed by atoms with Gasteiger partial charge in [0.05, 0.1) is 10.7 Å². The average Bonchev–Trinajstić information content (AvgIpc) is 3.31. The minimum absolute atomic E-state index is 0.0965. The van der Waals surface area contributed by atoms with Gasteiger partial charge < -0.3 is 9.88 Å². The number of amides is 1. The highest BCUT2D eigenvalue weighted by molar-refractivity contribution is 7.90. The van der Waals surface area contributed by atoms with E-state index in [2.05, 4.69) is 5.32 Å². The number of nitrogens with one attached hydrogen (secondary N) is 3. The number of nitrogens with zero attached hydrogens (tertiary/aromatic N) is 1. The second kappa shape index (κ2) is 7.39. The number of alkyl halides is 3. The van der Waals surface area contributed by atoms with Crippen molar-refractivity contribution in [1.29, 1.82) is 0 Å². The third kappa shape index (κ3) is 4.37. The lowest BCUT2D eigenvalue weighted by Crippen LogP contribution is -2.49. The van der Waals surface area contributed by atoms with E-state index in [0.29, 0.717) is 0 Å². The molecule has 0 aliphatic heterocycles. The Kier molecular flexibility index (Phi) is 5.50. The lowest BCUT2D eigenvalue weighted by molar-refractivity contribution is -0.160. The van der Waals surface area contributed by atoms with Crippen molar-refractivity contribution in [3.05, 3.63) is 46.7 Å². The van der Waals surface area contributed by atoms with Crippen molar-refractivity contribution in [2.24, 2.45) is 7.05 Å². The van der Waals surface area contributed by atoms with E-state index in [0.717, 1.165) is 29.0 Å². The van der Waals surface area contributed by atoms with E-state index >= 15 is 0 Å². The van der Waals surface area contributed by atoms with Crippen LogP contribution in [0.4, 0.5) is 33.3 Å². The van der Waals surface area contributed by atoms with Crippen molar-refractivity contribution in [2.45, 2.75) is 24.6 Å². The van der Waals surface area contributed by atoms with Crippen molar-refractivity contribution in [2.75, 3.05) is 10.0 Å². The van der Waals surface area contributed by atoms with Crippen molar-refractivity contribution in [3.8, 4) is 0 Å². The van der Waals surface area contributed by atoms with Crippen LogP contribution in [-0.2, 0) is 17.3 Å². The number of halogens is 6. The Hall–Kier alpha value is -2.38. The minimum Gasteiger partial charge on any atom is -0.343 e. The number of hydrogen-bond donors (Lipinski definition) is 3. The zero-order valence-corrected chi connectivity index (χ0v) is 16.6. The molecule has 1 saturated carbocycles. The summed E-state index contributed by atoms with van der Waals surface area (Å²) in [5.74, 6) is -3.22. The van der Waals surface area contributed by atoms with Crippen molar-refractivity contribution < 1.29 is 35.2 Å². The van der Waals surface area contributed by atoms with E-state index in [1.165, 1.54) is 7.05 Å². The molecule has 1 aliphatic rings. The maximum Gasteiger partial charge on any atom is 0.407 e. The van der Waals surface area contributed by atoms with E-state index < -0.39 is 57.3 Å². The number of carbonyl (C=O) groups is 1. The first-order chi connectivity index (χ1) is 13.7. The highest BCUT2D eigenvalue weighted by Gasteiger charge is 2.65. The van der Waals surface area contributed by atoms with Gasteiger partial charge in [-0.1, -0.05) is 11.6 Å². The van der Waals surface area contributed by atoms with Gasteiger partial charge in [-0.05, 0) is 25.0 Å². The fraction of sp³-hybridized carbons (Fsp3) is 0.312. The Labute approximate surface area is 172 Å². The normalized spacial score (nSPS) is 15.7. The molecule has 0 unspecified atom stereocenters. The first-order valence-corrected chi connectivity index (χ1v) is 10.1. The van der Waals surface area contributed by atoms with Crippen LogP contribution in [0.5, 0.6) is 0 Å². The van der Waals surface area contributed by atoms with Crippen LogP contribution in [0.1, 0.15) is 23.3 Å². The van der Waals surface area contributed by atoms with E-state index in [1.54, 1.807) is 4.72 Å². The maximum absolute atomic E-state index is 13.3. The van der Waals surface area contributed by atoms with Crippen LogP contribution >= 0.6 is 11.6 Å². The summed E-state index contributed by atoms with van der Waals surface area (Å²) < 4.78 is 94.1. The molecule has 1 fully saturated rings. The molecule has 0 saturated heterocycles. The quantitative estimate of drug-likeness (QED) is 0.561. The van der Waals surface area contributed by atoms with Gasteiger partial charge in [0.15, 0.2) is 11.6 Å². The van der Waals surface area contributed by atoms with Crippen molar-refractivity contribution >= 4 is 39.1 Å². The number of aryl methyl sites for hydroxylation is 1. The van der Waals surface area contributed by atoms with Gasteiger partial charge in [0, 0.05) is 25.0 Å². The first-order valence-electron chi connectivity index (χ1n) is 8.24. The van der Waals surface area contributed by atoms with Crippen LogP contribution in [0.25, 0.3) is 0 Å². The van der Waals surface area contributed by atoms with Gasteiger partial charge in [0.1, 0.15) is 11.2 Å². The molecule has 0 spiro atoms. The van der Waals surface area contributed by atoms with Gasteiger partial charge >= 0.3 is 6.18 Å². The van der Waals surface area contributed by atoms with Gasteiger partial charge in [-0.2, -0.15) is 26.3 Å². The second-order valence-electron chi connectivity index (χ2n) is 6.69. The molecule has 3 N–H and O–H groups in total. The number of benzene rings is 1. The van der Waals surface area contributed by atoms with E-state index in [4.69, 9.17) is 11.6 Å². The van der Waals surface area contributed by atoms with Gasteiger partial charge in [-0.3, -0.25) is 9.52 Å². The summed E-state index contributed by atoms with van der Waals surface area (Å²) >= 11 is 6.04. The highest BCUT2D eigenvalue weighted by atomic mass is 35.5. The smallest absolute Gasteiger partial charge is 0.343 e. The third-order valence-electron chi connectivity index (χ3n) is 4.38. The summed E-state index contributed by atoms with van der Waals surface area (Å²) in [5.41, 5.74) is -3.25. The lowest BCUT2D eigenvalue weighted by atomic mass is 10.3. The van der Waals surface area contributed by atoms with Crippen LogP contribution in [0, 0.1) is 11.6 Å². The Balaban J connectivity index is 1.80. The van der Waals surface area contributed by atoms with Crippen LogP contribution in [-0.4, -0.2) is 30.6 Å². The topological polar surface area (TPSA) is 92.2 Å². The summed E-state index contributed by atoms with van der Waals surface area (Å²) in [6.07, 6.45) is -4.49. The molecular weight excluding hydrogens is 459 g/mol. The fourth-order valence-corrected chi connectivity index (χ4v) is 4.39. The largest absolute Gasteiger partial charge is 0.407 e. The first kappa shape index (κ1) is 22.3. The van der Waals surface area contributed by atoms with Gasteiger partial charge in [-0.15, -0.1) is 0 Å². The zero-order valence-electron chi connectivity index (χ0n) is 15.1. The number of carbonyl (C=O) groups excluding carboxylic acids is 1. The van der Waals surface area contributed by atoms with E-state index in [-0.39, 0.29) is 17.1 Å². The summed E-state index contributed by atoms with van der Waals surface area (Å²) in [6, 6.07) is 2.61. The standard InChI is InChI=1S/C16H14ClF5N4O3S/c1-26-7-11(24-30(28,29)25-15(4-5-15)16(20,21)22)12(17)13(26)14(27)23-8-2-3-9(18)10(19)6-8/h2-3,6-7,24-25H,4-5H2,1H3,(H,23,27). The predicted molar refractivity (Wildman–Crippen MR) is 98.4 cm³/mol. The fourth-order valence-electron chi connectivity index (χ4n) is 2.69. The molecule has 1 aliphatic carbocycles. The summed E-state index contributed by atoms with van der Waals surface area (Å²) in [5, 5.41) is 1.86. The molecule has 14 heteroatoms. The molecule has 0 atom stereocenters. The number of aromatic nitrogens is 1. The maximum atomic E-state index is 13.3. The number of hydrogen-bond acceptors (Lipinski definition) is 3. The van der Waals surface area contributed by atoms with Gasteiger partial charge in [0.2, 0.25) is 0 Å². The van der Waals surface area contributed by atoms with Gasteiger partial charge in [-0.25, -0.2) is 8.78 Å². The van der Waals surface area contributed by atoms with Crippen molar-refractivity contribution in [3.63, 3.8) is 0 Å². The third-order valence-corrected chi connectivity index (χ3v) is 5.91. The average molecular weight is 473 g/mol. The zero-order chi connectivity index (χ0) is 22.5. The summed E-state index contributed by atoms with van der Waals surface area (Å²) in [7, 11) is -3.35. The van der Waals surface area contributed by atoms with Crippen LogP contribution in [0.3, 0.4) is 0 Å². The monoisotopic (exact) mass is 472 g/mol. The highest BCUT2D eigenvalue weighted by Crippen LogP contribution is 2.49. The Morgan fingerprint density at radius 1 is 1.20 bits per heavy atom. The molecule has 0 radical (unpaired) electrons. The predicted octanol–water partition coefficient (Wildman–Crippen LogP) is 3.55. The summed E-state index contributed by atoms with van der Waals surface area (Å²) in [4.78, 5) is 12.4. The summed E-state index contributed by atoms with van der Waals surface area (Å²) in [6.45, 7) is 0. The molecule has 1 aromatic carbocycles. The van der Waals surface area contributed by atoms with Crippen LogP contribution < -0.4 is 14.8 Å². The molecule has 0 bridgehead atoms. The van der Waals surface area contributed by atoms with Crippen molar-refractivity contribution in [1.82, 2.24) is 9.29 Å². The molecule has 1 amide bonds. The Morgan fingerprint density at radius 3 is 2.37 bits per heavy atom. The number of anilines is 2. The minimum atomic E-state index is -4.77. The molecule has 30 heavy (non-hydrogen) atoms. The molecular formula is C16H14ClF5N4O3S. The Morgan fingerprint density at radius 2 is 1.83 bits per heavy atom. The van der Waals surface area contributed by atoms with E-state index in [1.807, 2.05) is 4.72 Å². The molecule has 2 aromatic rings. The molecule has 3 rings (SSSR count). The molecule has 1 aromatic heterocycles.